The molecule has 0 aromatic rings. The van der Waals surface area contributed by atoms with Gasteiger partial charge in [0.2, 0.25) is 0 Å². The minimum atomic E-state index is -0.817. The maximum Gasteiger partial charge on any atom is 0.0885 e. The minimum absolute atomic E-state index is 0.817. The molecule has 1 aliphatic heterocycles. The molecule has 8 heavy (non-hydrogen) atoms. The van der Waals surface area contributed by atoms with Crippen LogP contribution < -0.4 is 0 Å². The molecule has 0 spiro atoms. The van der Waals surface area contributed by atoms with E-state index < -0.39 is 18.9 Å². The zero-order chi connectivity index (χ0) is 5.82. The highest BCUT2D eigenvalue weighted by Crippen LogP contribution is 2.10. The van der Waals surface area contributed by atoms with Crippen molar-refractivity contribution in [3.63, 3.8) is 0 Å². The van der Waals surface area contributed by atoms with Gasteiger partial charge in [-0.25, -0.2) is 0 Å². The van der Waals surface area contributed by atoms with E-state index in [1.165, 1.54) is 0 Å². The van der Waals surface area contributed by atoms with Crippen LogP contribution >= 0.6 is 18.9 Å². The van der Waals surface area contributed by atoms with Crippen LogP contribution in [-0.2, 0) is 4.74 Å². The second kappa shape index (κ2) is 3.25. The fourth-order valence-corrected chi connectivity index (χ4v) is 3.43. The Bertz CT molecular complexity index is 159. The number of halogens is 1. The van der Waals surface area contributed by atoms with Crippen molar-refractivity contribution in [3.05, 3.63) is 12.2 Å². The number of ether oxygens (including phenoxy) is 1. The fraction of sp³-hybridized carbons (Fsp3) is 0.333. The molecule has 1 rings (SSSR count). The number of hydrogen-bond donors (Lipinski definition) is 0. The lowest BCUT2D eigenvalue weighted by Crippen LogP contribution is -1.75. The molecular formula is C6H9IO. The summed E-state index contributed by atoms with van der Waals surface area (Å²) in [5.74, 6) is 0. The van der Waals surface area contributed by atoms with Gasteiger partial charge in [-0.05, 0) is 8.02 Å². The smallest absolute Gasteiger partial charge is 0.0885 e. The van der Waals surface area contributed by atoms with E-state index in [0.29, 0.717) is 0 Å². The molecule has 0 unspecified atom stereocenters. The van der Waals surface area contributed by atoms with E-state index in [1.54, 1.807) is 7.11 Å². The van der Waals surface area contributed by atoms with Crippen LogP contribution in [0.5, 0.6) is 0 Å². The van der Waals surface area contributed by atoms with Crippen molar-refractivity contribution in [2.24, 2.45) is 0 Å². The molecule has 1 aliphatic rings. The third-order valence-corrected chi connectivity index (χ3v) is 4.84. The van der Waals surface area contributed by atoms with E-state index in [2.05, 4.69) is 20.2 Å². The lowest BCUT2D eigenvalue weighted by Gasteiger charge is -1.88. The molecule has 1 nitrogen and oxygen atoms in total. The Hall–Kier alpha value is 0.170. The second-order valence-corrected chi connectivity index (χ2v) is 6.01. The average molecular weight is 224 g/mol. The number of methoxy groups -OCH3 is 1. The van der Waals surface area contributed by atoms with Crippen LogP contribution in [0, 0.1) is 0 Å². The van der Waals surface area contributed by atoms with Crippen LogP contribution in [0.2, 0.25) is 0 Å². The topological polar surface area (TPSA) is 9.23 Å². The summed E-state index contributed by atoms with van der Waals surface area (Å²) in [5, 5.41) is 0. The standard InChI is InChI=1S/C6H9IO/c1-8-6-7-4-2-3-5-7/h2-5H,6H2,1H3. The maximum atomic E-state index is 4.99. The number of allylic oxidation sites excluding steroid dienone is 2. The van der Waals surface area contributed by atoms with Crippen molar-refractivity contribution >= 4 is 26.9 Å². The quantitative estimate of drug-likeness (QED) is 0.507. The van der Waals surface area contributed by atoms with Crippen molar-refractivity contribution in [2.75, 3.05) is 11.7 Å². The summed E-state index contributed by atoms with van der Waals surface area (Å²) in [5.41, 5.74) is 0. The van der Waals surface area contributed by atoms with Crippen molar-refractivity contribution in [2.45, 2.75) is 0 Å². The van der Waals surface area contributed by atoms with E-state index in [9.17, 15) is 0 Å². The number of hydrogen-bond acceptors (Lipinski definition) is 1. The van der Waals surface area contributed by atoms with Gasteiger partial charge in [-0.2, -0.15) is 0 Å². The summed E-state index contributed by atoms with van der Waals surface area (Å²) < 4.78 is 10.5. The molecule has 1 heterocycles. The van der Waals surface area contributed by atoms with E-state index in [4.69, 9.17) is 4.74 Å². The summed E-state index contributed by atoms with van der Waals surface area (Å²) in [6, 6.07) is 0. The van der Waals surface area contributed by atoms with E-state index in [-0.39, 0.29) is 0 Å². The molecular weight excluding hydrogens is 215 g/mol. The van der Waals surface area contributed by atoms with Gasteiger partial charge in [0, 0.05) is 7.11 Å². The molecule has 46 valence electrons. The zero-order valence-corrected chi connectivity index (χ0v) is 6.96. The maximum absolute atomic E-state index is 4.99. The lowest BCUT2D eigenvalue weighted by atomic mass is 10.6. The first-order valence-corrected chi connectivity index (χ1v) is 6.42. The first-order valence-electron chi connectivity index (χ1n) is 2.40. The molecule has 0 bridgehead atoms. The number of alkyl halides is 1. The van der Waals surface area contributed by atoms with Crippen LogP contribution in [0.1, 0.15) is 0 Å². The van der Waals surface area contributed by atoms with Crippen LogP contribution in [-0.4, -0.2) is 19.7 Å². The third kappa shape index (κ3) is 1.59. The van der Waals surface area contributed by atoms with Gasteiger partial charge in [-0.3, -0.25) is 0 Å². The molecule has 0 N–H and O–H groups in total. The first kappa shape index (κ1) is 6.29. The van der Waals surface area contributed by atoms with Crippen LogP contribution in [0.25, 0.3) is 0 Å². The monoisotopic (exact) mass is 224 g/mol. The van der Waals surface area contributed by atoms with Crippen LogP contribution in [0.4, 0.5) is 0 Å². The summed E-state index contributed by atoms with van der Waals surface area (Å²) in [4.78, 5) is 0. The predicted octanol–water partition coefficient (Wildman–Crippen LogP) is 1.27. The van der Waals surface area contributed by atoms with Gasteiger partial charge in [0.05, 0.1) is 4.61 Å². The minimum Gasteiger partial charge on any atom is -0.375 e. The molecule has 0 fully saturated rings. The Morgan fingerprint density at radius 3 is 2.50 bits per heavy atom. The normalized spacial score (nSPS) is 18.1. The highest BCUT2D eigenvalue weighted by Gasteiger charge is 1.81. The van der Waals surface area contributed by atoms with E-state index in [1.807, 2.05) is 0 Å². The van der Waals surface area contributed by atoms with Gasteiger partial charge in [0.25, 0.3) is 0 Å². The highest BCUT2D eigenvalue weighted by atomic mass is 127. The molecule has 0 aromatic heterocycles. The predicted molar refractivity (Wildman–Crippen MR) is 47.2 cm³/mol. The molecule has 0 saturated carbocycles. The molecule has 0 atom stereocenters. The highest BCUT2D eigenvalue weighted by molar-refractivity contribution is 14.2. The molecule has 0 saturated heterocycles. The Balaban J connectivity index is 2.49. The van der Waals surface area contributed by atoms with E-state index in [0.717, 1.165) is 4.61 Å². The Morgan fingerprint density at radius 1 is 1.38 bits per heavy atom. The molecule has 0 aliphatic carbocycles. The van der Waals surface area contributed by atoms with Crippen molar-refractivity contribution in [3.8, 4) is 0 Å². The largest absolute Gasteiger partial charge is 0.375 e. The number of rotatable bonds is 2. The third-order valence-electron chi connectivity index (χ3n) is 0.815. The SMILES string of the molecule is COCI1=CC=CC=1. The Kier molecular flexibility index (Phi) is 2.55. The van der Waals surface area contributed by atoms with Crippen molar-refractivity contribution < 1.29 is 4.74 Å². The van der Waals surface area contributed by atoms with Crippen molar-refractivity contribution in [1.29, 1.82) is 0 Å². The van der Waals surface area contributed by atoms with E-state index >= 15 is 0 Å². The summed E-state index contributed by atoms with van der Waals surface area (Å²) in [6.07, 6.45) is 4.23. The van der Waals surface area contributed by atoms with Crippen molar-refractivity contribution in [1.82, 2.24) is 0 Å². The molecule has 0 aromatic carbocycles. The summed E-state index contributed by atoms with van der Waals surface area (Å²) >= 11 is -0.817. The van der Waals surface area contributed by atoms with Gasteiger partial charge < -0.3 is 4.74 Å². The van der Waals surface area contributed by atoms with Gasteiger partial charge in [-0.15, -0.1) is 18.9 Å². The fourth-order valence-electron chi connectivity index (χ4n) is 0.512. The first-order chi connectivity index (χ1) is 3.93. The van der Waals surface area contributed by atoms with Gasteiger partial charge in [0.1, 0.15) is 0 Å². The van der Waals surface area contributed by atoms with Gasteiger partial charge >= 0.3 is 0 Å². The van der Waals surface area contributed by atoms with Crippen LogP contribution in [0.3, 0.4) is 0 Å². The second-order valence-electron chi connectivity index (χ2n) is 1.47. The van der Waals surface area contributed by atoms with Gasteiger partial charge in [-0.1, -0.05) is 12.2 Å². The Morgan fingerprint density at radius 2 is 2.00 bits per heavy atom. The summed E-state index contributed by atoms with van der Waals surface area (Å²) in [6.45, 7) is 0. The average Bonchev–Trinajstić information content (AvgIpc) is 2.19. The molecule has 0 amide bonds. The zero-order valence-electron chi connectivity index (χ0n) is 4.80. The van der Waals surface area contributed by atoms with Crippen LogP contribution in [0.15, 0.2) is 12.2 Å². The molecule has 0 radical (unpaired) electrons. The summed E-state index contributed by atoms with van der Waals surface area (Å²) in [7, 11) is 1.76. The Labute approximate surface area is 55.7 Å². The molecule has 2 heteroatoms. The van der Waals surface area contributed by atoms with Gasteiger partial charge in [0.15, 0.2) is 0 Å². The lowest BCUT2D eigenvalue weighted by molar-refractivity contribution is 0.268.